The highest BCUT2D eigenvalue weighted by Crippen LogP contribution is 2.36. The molecule has 1 amide bonds. The number of pyridine rings is 1. The molecule has 8 heteroatoms. The second kappa shape index (κ2) is 8.38. The number of carbonyl (C=O) groups excluding carboxylic acids is 1. The minimum atomic E-state index is -4.47. The monoisotopic (exact) mass is 416 g/mol. The molecule has 3 aromatic rings. The maximum Gasteiger partial charge on any atom is 0.419 e. The first-order chi connectivity index (χ1) is 14.4. The maximum absolute atomic E-state index is 13.3. The number of halogens is 3. The van der Waals surface area contributed by atoms with Crippen LogP contribution in [-0.2, 0) is 17.4 Å². The lowest BCUT2D eigenvalue weighted by molar-refractivity contribution is -0.137. The Morgan fingerprint density at radius 3 is 2.90 bits per heavy atom. The lowest BCUT2D eigenvalue weighted by Gasteiger charge is -2.34. The van der Waals surface area contributed by atoms with Crippen LogP contribution in [0.1, 0.15) is 24.0 Å². The Balaban J connectivity index is 1.37. The van der Waals surface area contributed by atoms with Crippen LogP contribution >= 0.6 is 0 Å². The van der Waals surface area contributed by atoms with Gasteiger partial charge in [-0.05, 0) is 43.0 Å². The fourth-order valence-electron chi connectivity index (χ4n) is 4.06. The number of anilines is 1. The average Bonchev–Trinajstić information content (AvgIpc) is 3.16. The van der Waals surface area contributed by atoms with Gasteiger partial charge in [-0.25, -0.2) is 4.98 Å². The molecule has 1 aliphatic heterocycles. The number of nitrogens with one attached hydrogen (secondary N) is 2. The molecule has 1 aromatic carbocycles. The number of hydrogen-bond donors (Lipinski definition) is 2. The third-order valence-corrected chi connectivity index (χ3v) is 5.55. The molecule has 1 atom stereocenters. The van der Waals surface area contributed by atoms with Crippen LogP contribution in [0.4, 0.5) is 19.0 Å². The molecule has 3 heterocycles. The second-order valence-electron chi connectivity index (χ2n) is 7.56. The van der Waals surface area contributed by atoms with Gasteiger partial charge in [0.15, 0.2) is 0 Å². The van der Waals surface area contributed by atoms with E-state index in [1.54, 1.807) is 4.90 Å². The summed E-state index contributed by atoms with van der Waals surface area (Å²) in [6.45, 7) is 1.17. The molecule has 2 N–H and O–H groups in total. The highest BCUT2D eigenvalue weighted by Gasteiger charge is 2.37. The molecule has 0 radical (unpaired) electrons. The van der Waals surface area contributed by atoms with Crippen LogP contribution in [0.5, 0.6) is 0 Å². The maximum atomic E-state index is 13.3. The normalized spacial score (nSPS) is 17.3. The Labute approximate surface area is 172 Å². The number of amides is 1. The fourth-order valence-corrected chi connectivity index (χ4v) is 4.06. The largest absolute Gasteiger partial charge is 0.419 e. The summed E-state index contributed by atoms with van der Waals surface area (Å²) in [4.78, 5) is 21.4. The lowest BCUT2D eigenvalue weighted by Crippen LogP contribution is -2.44. The van der Waals surface area contributed by atoms with E-state index in [0.717, 1.165) is 22.5 Å². The molecule has 0 spiro atoms. The van der Waals surface area contributed by atoms with Crippen molar-refractivity contribution in [1.29, 1.82) is 0 Å². The summed E-state index contributed by atoms with van der Waals surface area (Å²) < 4.78 is 40.0. The van der Waals surface area contributed by atoms with E-state index in [1.165, 1.54) is 12.3 Å². The van der Waals surface area contributed by atoms with Crippen molar-refractivity contribution in [3.05, 3.63) is 59.9 Å². The topological polar surface area (TPSA) is 61.0 Å². The van der Waals surface area contributed by atoms with E-state index in [0.29, 0.717) is 32.4 Å². The predicted octanol–water partition coefficient (Wildman–Crippen LogP) is 4.16. The number of H-pyrrole nitrogens is 1. The number of para-hydroxylation sites is 1. The Bertz CT molecular complexity index is 1030. The Morgan fingerprint density at radius 2 is 2.07 bits per heavy atom. The van der Waals surface area contributed by atoms with Gasteiger partial charge in [0.05, 0.1) is 11.5 Å². The third-order valence-electron chi connectivity index (χ3n) is 5.55. The van der Waals surface area contributed by atoms with Gasteiger partial charge in [-0.1, -0.05) is 18.2 Å². The molecule has 0 saturated carbocycles. The molecular formula is C22H23F3N4O. The van der Waals surface area contributed by atoms with Crippen molar-refractivity contribution >= 4 is 22.6 Å². The molecule has 0 bridgehead atoms. The summed E-state index contributed by atoms with van der Waals surface area (Å²) in [6.07, 6.45) is 0.815. The number of carbonyl (C=O) groups is 1. The van der Waals surface area contributed by atoms with Crippen molar-refractivity contribution in [2.45, 2.75) is 25.4 Å². The molecule has 30 heavy (non-hydrogen) atoms. The van der Waals surface area contributed by atoms with Gasteiger partial charge in [0.1, 0.15) is 5.82 Å². The summed E-state index contributed by atoms with van der Waals surface area (Å²) in [6, 6.07) is 10.3. The van der Waals surface area contributed by atoms with Crippen molar-refractivity contribution < 1.29 is 18.0 Å². The molecule has 1 aliphatic rings. The molecule has 2 aromatic heterocycles. The number of rotatable bonds is 5. The standard InChI is InChI=1S/C22H23F3N4O/c23-22(24,25)18-7-3-10-26-20(18)29-12-4-5-16(14-29)21(30)27-11-9-15-13-28-19-8-2-1-6-17(15)19/h1-3,6-8,10,13,16,28H,4-5,9,11-12,14H2,(H,27,30)/t16-/m1/s1. The van der Waals surface area contributed by atoms with Crippen LogP contribution < -0.4 is 10.2 Å². The number of hydrogen-bond acceptors (Lipinski definition) is 3. The van der Waals surface area contributed by atoms with Crippen LogP contribution in [0.3, 0.4) is 0 Å². The number of aromatic nitrogens is 2. The van der Waals surface area contributed by atoms with Crippen LogP contribution in [0, 0.1) is 5.92 Å². The zero-order valence-corrected chi connectivity index (χ0v) is 16.4. The molecular weight excluding hydrogens is 393 g/mol. The molecule has 1 saturated heterocycles. The lowest BCUT2D eigenvalue weighted by atomic mass is 9.96. The summed E-state index contributed by atoms with van der Waals surface area (Å²) in [7, 11) is 0. The highest BCUT2D eigenvalue weighted by atomic mass is 19.4. The number of aromatic amines is 1. The van der Waals surface area contributed by atoms with E-state index in [1.807, 2.05) is 30.5 Å². The SMILES string of the molecule is O=C(NCCc1c[nH]c2ccccc12)[C@@H]1CCCN(c2ncccc2C(F)(F)F)C1. The highest BCUT2D eigenvalue weighted by molar-refractivity contribution is 5.83. The van der Waals surface area contributed by atoms with Crippen molar-refractivity contribution in [3.63, 3.8) is 0 Å². The smallest absolute Gasteiger partial charge is 0.361 e. The summed E-state index contributed by atoms with van der Waals surface area (Å²) in [5.74, 6) is -0.574. The third kappa shape index (κ3) is 4.27. The summed E-state index contributed by atoms with van der Waals surface area (Å²) in [5, 5.41) is 4.08. The minimum absolute atomic E-state index is 0.0960. The van der Waals surface area contributed by atoms with Gasteiger partial charge in [-0.3, -0.25) is 4.79 Å². The van der Waals surface area contributed by atoms with Crippen molar-refractivity contribution in [2.24, 2.45) is 5.92 Å². The van der Waals surface area contributed by atoms with Gasteiger partial charge in [-0.15, -0.1) is 0 Å². The molecule has 158 valence electrons. The average molecular weight is 416 g/mol. The van der Waals surface area contributed by atoms with Gasteiger partial charge in [-0.2, -0.15) is 13.2 Å². The Kier molecular flexibility index (Phi) is 5.65. The van der Waals surface area contributed by atoms with E-state index in [9.17, 15) is 18.0 Å². The van der Waals surface area contributed by atoms with Crippen LogP contribution in [0.2, 0.25) is 0 Å². The first-order valence-electron chi connectivity index (χ1n) is 10.0. The molecule has 5 nitrogen and oxygen atoms in total. The van der Waals surface area contributed by atoms with E-state index >= 15 is 0 Å². The number of alkyl halides is 3. The van der Waals surface area contributed by atoms with Crippen LogP contribution in [0.25, 0.3) is 10.9 Å². The van der Waals surface area contributed by atoms with Crippen LogP contribution in [0.15, 0.2) is 48.8 Å². The van der Waals surface area contributed by atoms with E-state index in [-0.39, 0.29) is 24.2 Å². The first kappa shape index (κ1) is 20.3. The van der Waals surface area contributed by atoms with Crippen molar-refractivity contribution in [3.8, 4) is 0 Å². The Hall–Kier alpha value is -3.03. The molecule has 4 rings (SSSR count). The zero-order valence-electron chi connectivity index (χ0n) is 16.4. The van der Waals surface area contributed by atoms with Gasteiger partial charge in [0.25, 0.3) is 0 Å². The zero-order chi connectivity index (χ0) is 21.1. The minimum Gasteiger partial charge on any atom is -0.361 e. The molecule has 0 unspecified atom stereocenters. The van der Waals surface area contributed by atoms with Gasteiger partial charge in [0, 0.05) is 42.9 Å². The van der Waals surface area contributed by atoms with Crippen molar-refractivity contribution in [1.82, 2.24) is 15.3 Å². The number of piperidine rings is 1. The van der Waals surface area contributed by atoms with Crippen molar-refractivity contribution in [2.75, 3.05) is 24.5 Å². The summed E-state index contributed by atoms with van der Waals surface area (Å²) in [5.41, 5.74) is 1.42. The number of benzene rings is 1. The molecule has 1 fully saturated rings. The van der Waals surface area contributed by atoms with Crippen LogP contribution in [-0.4, -0.2) is 35.5 Å². The number of fused-ring (bicyclic) bond motifs is 1. The quantitative estimate of drug-likeness (QED) is 0.657. The molecule has 0 aliphatic carbocycles. The van der Waals surface area contributed by atoms with Gasteiger partial charge >= 0.3 is 6.18 Å². The van der Waals surface area contributed by atoms with E-state index in [2.05, 4.69) is 15.3 Å². The first-order valence-corrected chi connectivity index (χ1v) is 10.0. The van der Waals surface area contributed by atoms with E-state index in [4.69, 9.17) is 0 Å². The Morgan fingerprint density at radius 1 is 1.23 bits per heavy atom. The second-order valence-corrected chi connectivity index (χ2v) is 7.56. The predicted molar refractivity (Wildman–Crippen MR) is 109 cm³/mol. The van der Waals surface area contributed by atoms with Gasteiger partial charge < -0.3 is 15.2 Å². The summed E-state index contributed by atoms with van der Waals surface area (Å²) >= 11 is 0. The number of nitrogens with zero attached hydrogens (tertiary/aromatic N) is 2. The fraction of sp³-hybridized carbons (Fsp3) is 0.364. The van der Waals surface area contributed by atoms with Gasteiger partial charge in [0.2, 0.25) is 5.91 Å². The van der Waals surface area contributed by atoms with E-state index < -0.39 is 11.7 Å².